The first kappa shape index (κ1) is 5.13. The Morgan fingerprint density at radius 1 is 1.60 bits per heavy atom. The van der Waals surface area contributed by atoms with Crippen molar-refractivity contribution in [3.63, 3.8) is 0 Å². The predicted octanol–water partition coefficient (Wildman–Crippen LogP) is -1.04. The quantitative estimate of drug-likeness (QED) is 0.319. The van der Waals surface area contributed by atoms with Gasteiger partial charge in [0.15, 0.2) is 0 Å². The van der Waals surface area contributed by atoms with Crippen LogP contribution in [0, 0.1) is 0 Å². The van der Waals surface area contributed by atoms with E-state index in [0.29, 0.717) is 0 Å². The van der Waals surface area contributed by atoms with Crippen LogP contribution in [-0.2, 0) is 9.57 Å². The van der Waals surface area contributed by atoms with Crippen molar-refractivity contribution in [3.05, 3.63) is 0 Å². The van der Waals surface area contributed by atoms with Crippen LogP contribution in [0.4, 0.5) is 0 Å². The molecule has 3 nitrogen and oxygen atoms in total. The molecule has 0 aliphatic rings. The Labute approximate surface area is 32.8 Å². The van der Waals surface area contributed by atoms with E-state index < -0.39 is 9.57 Å². The van der Waals surface area contributed by atoms with E-state index in [1.165, 1.54) is 0 Å². The van der Waals surface area contributed by atoms with E-state index in [0.717, 1.165) is 0 Å². The molecule has 0 saturated carbocycles. The summed E-state index contributed by atoms with van der Waals surface area (Å²) in [4.78, 5) is 0. The first-order valence-electron chi connectivity index (χ1n) is 0.720. The molecule has 0 aromatic heterocycles. The van der Waals surface area contributed by atoms with E-state index in [4.69, 9.17) is 13.0 Å². The average molecular weight is 109 g/mol. The molecule has 0 amide bonds. The van der Waals surface area contributed by atoms with Crippen molar-refractivity contribution < 1.29 is 13.0 Å². The topological polar surface area (TPSA) is 54.4 Å². The van der Waals surface area contributed by atoms with Crippen LogP contribution in [0.2, 0.25) is 0 Å². The molecular weight excluding hydrogens is 108 g/mol. The van der Waals surface area contributed by atoms with Gasteiger partial charge in [-0.2, -0.15) is 0 Å². The molecule has 0 heterocycles. The van der Waals surface area contributed by atoms with Gasteiger partial charge in [0.05, 0.1) is 0 Å². The predicted molar refractivity (Wildman–Crippen MR) is 17.3 cm³/mol. The molecule has 0 saturated heterocycles. The lowest BCUT2D eigenvalue weighted by Gasteiger charge is -1.69. The van der Waals surface area contributed by atoms with Gasteiger partial charge in [-0.25, -0.2) is 8.42 Å². The highest BCUT2D eigenvalue weighted by Gasteiger charge is 1.83. The van der Waals surface area contributed by atoms with E-state index in [1.54, 1.807) is 0 Å². The number of hydrogen-bond acceptors (Lipinski definition) is 2. The van der Waals surface area contributed by atoms with Gasteiger partial charge in [0.2, 0.25) is 9.57 Å². The molecule has 0 bridgehead atoms. The standard InChI is InChI=1S/HO3SSi/c1-4(2,3)5/h(H,1,2,3). The lowest BCUT2D eigenvalue weighted by molar-refractivity contribution is 0.501. The molecule has 0 aromatic rings. The van der Waals surface area contributed by atoms with Crippen molar-refractivity contribution in [2.45, 2.75) is 0 Å². The molecule has 0 fully saturated rings. The second-order valence-corrected chi connectivity index (χ2v) is 2.97. The fourth-order valence-corrected chi connectivity index (χ4v) is 0. The van der Waals surface area contributed by atoms with Crippen LogP contribution < -0.4 is 0 Å². The van der Waals surface area contributed by atoms with Crippen LogP contribution >= 0.6 is 0 Å². The van der Waals surface area contributed by atoms with Gasteiger partial charge in [0.1, 0.15) is 0 Å². The zero-order valence-electron chi connectivity index (χ0n) is 2.17. The summed E-state index contributed by atoms with van der Waals surface area (Å²) in [5, 5.41) is 0. The molecule has 0 atom stereocenters. The Bertz CT molecular complexity index is 90.1. The van der Waals surface area contributed by atoms with Crippen LogP contribution in [0.15, 0.2) is 0 Å². The largest absolute Gasteiger partial charge is 0.292 e. The van der Waals surface area contributed by atoms with Crippen molar-refractivity contribution in [3.8, 4) is 0 Å². The average Bonchev–Trinajstić information content (AvgIpc) is 0.722. The molecule has 0 rings (SSSR count). The Kier molecular flexibility index (Phi) is 1.10. The van der Waals surface area contributed by atoms with Gasteiger partial charge in [0.25, 0.3) is 9.39 Å². The molecule has 5 heteroatoms. The molecule has 0 aromatic carbocycles. The minimum Gasteiger partial charge on any atom is -0.292 e. The minimum absolute atomic E-state index is 1.95. The molecule has 1 N–H and O–H groups in total. The zero-order valence-corrected chi connectivity index (χ0v) is 3.99. The summed E-state index contributed by atoms with van der Waals surface area (Å²) in [6.45, 7) is 0. The van der Waals surface area contributed by atoms with Crippen LogP contribution in [0.3, 0.4) is 0 Å². The fourth-order valence-electron chi connectivity index (χ4n) is 0. The highest BCUT2D eigenvalue weighted by Crippen LogP contribution is 1.57. The summed E-state index contributed by atoms with van der Waals surface area (Å²) in [5.74, 6) is 0. The van der Waals surface area contributed by atoms with Gasteiger partial charge >= 0.3 is 0 Å². The van der Waals surface area contributed by atoms with Gasteiger partial charge in [-0.1, -0.05) is 0 Å². The lowest BCUT2D eigenvalue weighted by atomic mass is 15.9. The van der Waals surface area contributed by atoms with Crippen LogP contribution in [0.25, 0.3) is 0 Å². The first-order chi connectivity index (χ1) is 2.00. The summed E-state index contributed by atoms with van der Waals surface area (Å²) < 4.78 is 25.6. The fraction of sp³-hybridized carbons (Fsp3) is 0. The monoisotopic (exact) mass is 109 g/mol. The Morgan fingerprint density at radius 2 is 1.60 bits per heavy atom. The maximum atomic E-state index is 9.10. The summed E-state index contributed by atoms with van der Waals surface area (Å²) in [5.41, 5.74) is 0. The van der Waals surface area contributed by atoms with E-state index in [9.17, 15) is 0 Å². The second-order valence-electron chi connectivity index (χ2n) is 0.475. The number of rotatable bonds is 0. The summed E-state index contributed by atoms with van der Waals surface area (Å²) >= 11 is 0. The summed E-state index contributed by atoms with van der Waals surface area (Å²) in [6.07, 6.45) is 0. The highest BCUT2D eigenvalue weighted by molar-refractivity contribution is 8.07. The number of hydrogen-bond donors (Lipinski definition) is 1. The smallest absolute Gasteiger partial charge is 0.255 e. The molecule has 0 spiro atoms. The third-order valence-electron chi connectivity index (χ3n) is 0. The zero-order chi connectivity index (χ0) is 4.50. The first-order valence-corrected chi connectivity index (χ1v) is 3.38. The third kappa shape index (κ3) is 1160. The van der Waals surface area contributed by atoms with Gasteiger partial charge in [-0.15, -0.1) is 0 Å². The van der Waals surface area contributed by atoms with Crippen LogP contribution in [0.1, 0.15) is 0 Å². The Hall–Kier alpha value is 0.127. The summed E-state index contributed by atoms with van der Waals surface area (Å²) in [7, 11) is -1.91. The van der Waals surface area contributed by atoms with Crippen molar-refractivity contribution in [2.75, 3.05) is 0 Å². The Balaban J connectivity index is 4.06. The van der Waals surface area contributed by atoms with Crippen LogP contribution in [-0.4, -0.2) is 22.4 Å². The molecule has 5 heavy (non-hydrogen) atoms. The van der Waals surface area contributed by atoms with Gasteiger partial charge in [-0.3, -0.25) is 4.55 Å². The maximum Gasteiger partial charge on any atom is 0.255 e. The normalized spacial score (nSPS) is 11.6. The van der Waals surface area contributed by atoms with E-state index in [2.05, 4.69) is 0 Å². The Morgan fingerprint density at radius 3 is 1.60 bits per heavy atom. The van der Waals surface area contributed by atoms with E-state index >= 15 is 0 Å². The van der Waals surface area contributed by atoms with Gasteiger partial charge in [-0.05, 0) is 0 Å². The van der Waals surface area contributed by atoms with Crippen molar-refractivity contribution in [2.24, 2.45) is 0 Å². The second kappa shape index (κ2) is 1.07. The molecule has 29 valence electrons. The molecule has 0 aliphatic carbocycles. The highest BCUT2D eigenvalue weighted by atomic mass is 32.4. The minimum atomic E-state index is -3.86. The van der Waals surface area contributed by atoms with Gasteiger partial charge < -0.3 is 0 Å². The molecule has 0 aliphatic heterocycles. The molecule has 3 radical (unpaired) electrons. The molecule has 0 unspecified atom stereocenters. The van der Waals surface area contributed by atoms with Crippen molar-refractivity contribution in [1.82, 2.24) is 0 Å². The van der Waals surface area contributed by atoms with Crippen molar-refractivity contribution >= 4 is 19.0 Å². The molecular formula is HO3SSi. The SMILES string of the molecule is O=S(=O)(O)[Si]. The van der Waals surface area contributed by atoms with Gasteiger partial charge in [0, 0.05) is 0 Å². The van der Waals surface area contributed by atoms with E-state index in [-0.39, 0.29) is 0 Å². The third-order valence-corrected chi connectivity index (χ3v) is 0. The van der Waals surface area contributed by atoms with Crippen molar-refractivity contribution in [1.29, 1.82) is 0 Å². The van der Waals surface area contributed by atoms with E-state index in [1.807, 2.05) is 9.39 Å². The summed E-state index contributed by atoms with van der Waals surface area (Å²) in [6, 6.07) is 0. The van der Waals surface area contributed by atoms with Crippen LogP contribution in [0.5, 0.6) is 0 Å². The maximum absolute atomic E-state index is 9.10. The lowest BCUT2D eigenvalue weighted by Crippen LogP contribution is -1.91.